The van der Waals surface area contributed by atoms with E-state index in [1.165, 1.54) is 13.8 Å². The number of alkyl halides is 3. The molecule has 0 atom stereocenters. The molecule has 2 aromatic rings. The van der Waals surface area contributed by atoms with Gasteiger partial charge in [0.25, 0.3) is 0 Å². The molecule has 1 amide bonds. The maximum Gasteiger partial charge on any atom is 0.423 e. The van der Waals surface area contributed by atoms with Gasteiger partial charge in [0.1, 0.15) is 29.3 Å². The summed E-state index contributed by atoms with van der Waals surface area (Å²) < 4.78 is 51.3. The smallest absolute Gasteiger partial charge is 0.423 e. The fourth-order valence-electron chi connectivity index (χ4n) is 2.88. The maximum absolute atomic E-state index is 13.6. The highest BCUT2D eigenvalue weighted by Crippen LogP contribution is 2.44. The quantitative estimate of drug-likeness (QED) is 0.499. The zero-order valence-electron chi connectivity index (χ0n) is 19.2. The first-order valence-electron chi connectivity index (χ1n) is 10.3. The lowest BCUT2D eigenvalue weighted by atomic mass is 9.97. The van der Waals surface area contributed by atoms with Crippen LogP contribution in [0.15, 0.2) is 36.4 Å². The molecule has 2 rings (SSSR count). The van der Waals surface area contributed by atoms with Crippen LogP contribution in [-0.4, -0.2) is 22.6 Å². The number of nitrogens with one attached hydrogen (secondary N) is 1. The van der Waals surface area contributed by atoms with E-state index in [1.54, 1.807) is 45.0 Å². The van der Waals surface area contributed by atoms with E-state index in [2.05, 4.69) is 5.32 Å². The molecule has 33 heavy (non-hydrogen) atoms. The van der Waals surface area contributed by atoms with Gasteiger partial charge in [-0.15, -0.1) is 0 Å². The molecule has 0 radical (unpaired) electrons. The van der Waals surface area contributed by atoms with E-state index < -0.39 is 52.2 Å². The van der Waals surface area contributed by atoms with Gasteiger partial charge in [0.05, 0.1) is 5.56 Å². The Morgan fingerprint density at radius 3 is 2.09 bits per heavy atom. The summed E-state index contributed by atoms with van der Waals surface area (Å²) in [6, 6.07) is 8.86. The summed E-state index contributed by atoms with van der Waals surface area (Å²) >= 11 is 0. The van der Waals surface area contributed by atoms with E-state index >= 15 is 0 Å². The number of Topliss-reactive ketones (excluding diaryl/α,β-unsaturated/α-hetero) is 1. The Balaban J connectivity index is 2.11. The molecule has 0 aliphatic heterocycles. The molecule has 0 saturated heterocycles. The Bertz CT molecular complexity index is 993. The lowest BCUT2D eigenvalue weighted by molar-refractivity contribution is -0.140. The number of ether oxygens (including phenoxy) is 2. The molecule has 0 heterocycles. The average molecular weight is 467 g/mol. The molecule has 0 fully saturated rings. The lowest BCUT2D eigenvalue weighted by Gasteiger charge is -2.19. The number of hydrogen-bond acceptors (Lipinski definition) is 5. The summed E-state index contributed by atoms with van der Waals surface area (Å²) in [4.78, 5) is 23.8. The van der Waals surface area contributed by atoms with E-state index in [0.717, 1.165) is 17.7 Å². The topological polar surface area (TPSA) is 84.9 Å². The number of amides is 1. The van der Waals surface area contributed by atoms with E-state index in [-0.39, 0.29) is 13.2 Å². The van der Waals surface area contributed by atoms with Crippen molar-refractivity contribution in [2.24, 2.45) is 5.92 Å². The van der Waals surface area contributed by atoms with E-state index in [9.17, 15) is 27.9 Å². The third kappa shape index (κ3) is 7.40. The van der Waals surface area contributed by atoms with Gasteiger partial charge in [0, 0.05) is 12.5 Å². The second-order valence-corrected chi connectivity index (χ2v) is 8.81. The molecule has 0 spiro atoms. The standard InChI is InChI=1S/C24H28F3NO5/c1-14(2)20(29)17-10-11-18(19(21(17)30)24(25,26)27)32-13-16-8-6-15(7-9-16)12-28-22(31)33-23(3,4)5/h6-11,14,30H,12-13H2,1-5H3,(H,28,31). The predicted octanol–water partition coefficient (Wildman–Crippen LogP) is 5.85. The van der Waals surface area contributed by atoms with Gasteiger partial charge in [0.2, 0.25) is 0 Å². The van der Waals surface area contributed by atoms with Gasteiger partial charge in [-0.05, 0) is 44.0 Å². The first-order chi connectivity index (χ1) is 15.2. The Morgan fingerprint density at radius 1 is 1.00 bits per heavy atom. The van der Waals surface area contributed by atoms with Gasteiger partial charge >= 0.3 is 12.3 Å². The number of rotatable bonds is 7. The minimum atomic E-state index is -4.91. The van der Waals surface area contributed by atoms with Crippen LogP contribution < -0.4 is 10.1 Å². The summed E-state index contributed by atoms with van der Waals surface area (Å²) in [7, 11) is 0. The molecule has 0 saturated carbocycles. The van der Waals surface area contributed by atoms with E-state index in [4.69, 9.17) is 9.47 Å². The number of carbonyl (C=O) groups excluding carboxylic acids is 2. The van der Waals surface area contributed by atoms with Crippen molar-refractivity contribution in [1.82, 2.24) is 5.32 Å². The lowest BCUT2D eigenvalue weighted by Crippen LogP contribution is -2.32. The van der Waals surface area contributed by atoms with Crippen molar-refractivity contribution in [1.29, 1.82) is 0 Å². The van der Waals surface area contributed by atoms with Crippen molar-refractivity contribution in [3.8, 4) is 11.5 Å². The van der Waals surface area contributed by atoms with Gasteiger partial charge in [-0.2, -0.15) is 13.2 Å². The number of carbonyl (C=O) groups is 2. The van der Waals surface area contributed by atoms with Gasteiger partial charge < -0.3 is 19.9 Å². The second-order valence-electron chi connectivity index (χ2n) is 8.81. The number of aromatic hydroxyl groups is 1. The molecule has 2 aromatic carbocycles. The van der Waals surface area contributed by atoms with E-state index in [0.29, 0.717) is 5.56 Å². The number of alkyl carbamates (subject to hydrolysis) is 1. The van der Waals surface area contributed by atoms with Crippen LogP contribution >= 0.6 is 0 Å². The summed E-state index contributed by atoms with van der Waals surface area (Å²) in [5.41, 5.74) is -1.06. The van der Waals surface area contributed by atoms with Crippen LogP contribution in [0.4, 0.5) is 18.0 Å². The number of halogens is 3. The normalized spacial score (nSPS) is 11.9. The first kappa shape index (κ1) is 26.0. The maximum atomic E-state index is 13.6. The molecule has 180 valence electrons. The largest absolute Gasteiger partial charge is 0.506 e. The molecule has 9 heteroatoms. The molecule has 0 bridgehead atoms. The van der Waals surface area contributed by atoms with Gasteiger partial charge in [-0.25, -0.2) is 4.79 Å². The third-order valence-electron chi connectivity index (χ3n) is 4.47. The number of benzene rings is 2. The second kappa shape index (κ2) is 10.1. The van der Waals surface area contributed by atoms with Gasteiger partial charge in [0.15, 0.2) is 5.78 Å². The van der Waals surface area contributed by atoms with Crippen LogP contribution in [0.1, 0.15) is 61.7 Å². The third-order valence-corrected chi connectivity index (χ3v) is 4.47. The number of phenolic OH excluding ortho intramolecular Hbond substituents is 1. The van der Waals surface area contributed by atoms with Gasteiger partial charge in [-0.1, -0.05) is 38.1 Å². The summed E-state index contributed by atoms with van der Waals surface area (Å²) in [6.45, 7) is 8.34. The van der Waals surface area contributed by atoms with Crippen molar-refractivity contribution in [2.75, 3.05) is 0 Å². The molecule has 0 aliphatic carbocycles. The zero-order chi connectivity index (χ0) is 25.0. The van der Waals surface area contributed by atoms with Crippen LogP contribution in [-0.2, 0) is 24.1 Å². The molecule has 2 N–H and O–H groups in total. The van der Waals surface area contributed by atoms with Gasteiger partial charge in [-0.3, -0.25) is 4.79 Å². The highest BCUT2D eigenvalue weighted by molar-refractivity contribution is 6.00. The number of hydrogen-bond donors (Lipinski definition) is 2. The minimum Gasteiger partial charge on any atom is -0.506 e. The van der Waals surface area contributed by atoms with Crippen molar-refractivity contribution < 1.29 is 37.3 Å². The first-order valence-corrected chi connectivity index (χ1v) is 10.3. The van der Waals surface area contributed by atoms with Crippen molar-refractivity contribution in [3.63, 3.8) is 0 Å². The molecule has 6 nitrogen and oxygen atoms in total. The highest BCUT2D eigenvalue weighted by atomic mass is 19.4. The average Bonchev–Trinajstić information content (AvgIpc) is 2.68. The molecule has 0 unspecified atom stereocenters. The number of phenols is 1. The summed E-state index contributed by atoms with van der Waals surface area (Å²) in [6.07, 6.45) is -5.47. The molecular weight excluding hydrogens is 439 g/mol. The van der Waals surface area contributed by atoms with Crippen LogP contribution in [0.5, 0.6) is 11.5 Å². The Kier molecular flexibility index (Phi) is 8.00. The molecular formula is C24H28F3NO5. The molecule has 0 aliphatic rings. The summed E-state index contributed by atoms with van der Waals surface area (Å²) in [5, 5.41) is 12.8. The Labute approximate surface area is 190 Å². The SMILES string of the molecule is CC(C)C(=O)c1ccc(OCc2ccc(CNC(=O)OC(C)(C)C)cc2)c(C(F)(F)F)c1O. The number of ketones is 1. The predicted molar refractivity (Wildman–Crippen MR) is 116 cm³/mol. The Hall–Kier alpha value is -3.23. The van der Waals surface area contributed by atoms with Crippen LogP contribution in [0.25, 0.3) is 0 Å². The van der Waals surface area contributed by atoms with Crippen LogP contribution in [0, 0.1) is 5.92 Å². The fourth-order valence-corrected chi connectivity index (χ4v) is 2.88. The highest BCUT2D eigenvalue weighted by Gasteiger charge is 2.39. The molecule has 0 aromatic heterocycles. The zero-order valence-corrected chi connectivity index (χ0v) is 19.2. The van der Waals surface area contributed by atoms with Crippen LogP contribution in [0.3, 0.4) is 0 Å². The summed E-state index contributed by atoms with van der Waals surface area (Å²) in [5.74, 6) is -2.88. The van der Waals surface area contributed by atoms with E-state index in [1.807, 2.05) is 0 Å². The van der Waals surface area contributed by atoms with Crippen molar-refractivity contribution in [3.05, 3.63) is 58.7 Å². The monoisotopic (exact) mass is 467 g/mol. The van der Waals surface area contributed by atoms with Crippen LogP contribution in [0.2, 0.25) is 0 Å². The van der Waals surface area contributed by atoms with Crippen molar-refractivity contribution >= 4 is 11.9 Å². The fraction of sp³-hybridized carbons (Fsp3) is 0.417. The Morgan fingerprint density at radius 2 is 1.58 bits per heavy atom. The van der Waals surface area contributed by atoms with Crippen molar-refractivity contribution in [2.45, 2.75) is 59.5 Å². The minimum absolute atomic E-state index is 0.195.